The first kappa shape index (κ1) is 19.9. The molecule has 0 spiro atoms. The maximum absolute atomic E-state index is 14.0. The van der Waals surface area contributed by atoms with E-state index in [-0.39, 0.29) is 29.4 Å². The smallest absolute Gasteiger partial charge is 0.310 e. The third kappa shape index (κ3) is 4.53. The van der Waals surface area contributed by atoms with Crippen LogP contribution >= 0.6 is 15.9 Å². The molecule has 1 saturated carbocycles. The van der Waals surface area contributed by atoms with Gasteiger partial charge in [0.2, 0.25) is 5.91 Å². The number of amides is 1. The van der Waals surface area contributed by atoms with Gasteiger partial charge < -0.3 is 15.4 Å². The second-order valence-electron chi connectivity index (χ2n) is 7.15. The number of hydrogen-bond donors (Lipinski definition) is 4. The number of esters is 1. The van der Waals surface area contributed by atoms with Crippen molar-refractivity contribution in [2.75, 3.05) is 26.9 Å². The molecule has 6 unspecified atom stereocenters. The van der Waals surface area contributed by atoms with Crippen LogP contribution in [-0.4, -0.2) is 72.9 Å². The fourth-order valence-electron chi connectivity index (χ4n) is 3.89. The number of alkyl halides is 2. The number of nitrogens with one attached hydrogen (secondary N) is 4. The van der Waals surface area contributed by atoms with Crippen molar-refractivity contribution in [1.82, 2.24) is 26.4 Å². The summed E-state index contributed by atoms with van der Waals surface area (Å²) >= 11 is 3.31. The number of ether oxygens (including phenoxy) is 1. The Kier molecular flexibility index (Phi) is 6.84. The number of nitrogens with zero attached hydrogens (tertiary/aromatic N) is 1. The van der Waals surface area contributed by atoms with E-state index in [1.807, 2.05) is 0 Å². The second kappa shape index (κ2) is 8.92. The minimum absolute atomic E-state index is 0.0495. The van der Waals surface area contributed by atoms with E-state index in [1.54, 1.807) is 0 Å². The predicted octanol–water partition coefficient (Wildman–Crippen LogP) is -0.399. The van der Waals surface area contributed by atoms with Gasteiger partial charge in [0, 0.05) is 30.6 Å². The Labute approximate surface area is 161 Å². The highest BCUT2D eigenvalue weighted by Crippen LogP contribution is 2.32. The van der Waals surface area contributed by atoms with Crippen molar-refractivity contribution in [2.24, 2.45) is 5.92 Å². The molecule has 2 saturated heterocycles. The van der Waals surface area contributed by atoms with Gasteiger partial charge in [0.25, 0.3) is 0 Å². The van der Waals surface area contributed by atoms with Gasteiger partial charge in [-0.15, -0.1) is 0 Å². The highest BCUT2D eigenvalue weighted by atomic mass is 79.9. The third-order valence-electron chi connectivity index (χ3n) is 5.47. The van der Waals surface area contributed by atoms with Crippen LogP contribution in [0.1, 0.15) is 25.7 Å². The molecular weight excluding hydrogens is 409 g/mol. The van der Waals surface area contributed by atoms with Crippen molar-refractivity contribution >= 4 is 27.8 Å². The van der Waals surface area contributed by atoms with Crippen LogP contribution in [0.4, 0.5) is 4.39 Å². The fraction of sp³-hybridized carbons (Fsp3) is 0.875. The predicted molar refractivity (Wildman–Crippen MR) is 96.9 cm³/mol. The number of hydrogen-bond acceptors (Lipinski definition) is 7. The highest BCUT2D eigenvalue weighted by molar-refractivity contribution is 9.09. The first-order valence-corrected chi connectivity index (χ1v) is 10.0. The molecule has 148 valence electrons. The van der Waals surface area contributed by atoms with Gasteiger partial charge in [0.1, 0.15) is 12.2 Å². The Morgan fingerprint density at radius 3 is 2.69 bits per heavy atom. The normalized spacial score (nSPS) is 38.7. The lowest BCUT2D eigenvalue weighted by Crippen LogP contribution is -2.63. The van der Waals surface area contributed by atoms with E-state index in [0.29, 0.717) is 12.8 Å². The van der Waals surface area contributed by atoms with Gasteiger partial charge in [0.05, 0.1) is 19.2 Å². The minimum Gasteiger partial charge on any atom is -0.469 e. The number of carbonyl (C=O) groups is 2. The first-order valence-electron chi connectivity index (χ1n) is 9.11. The zero-order valence-corrected chi connectivity index (χ0v) is 16.4. The number of hydrazine groups is 1. The second-order valence-corrected chi connectivity index (χ2v) is 8.33. The standard InChI is InChI=1S/C16H27BrFN5O3/c1-26-16(25)9-6-11(18)10(17)7-13(9)20-15(24)12-2-3-14(22-21-12)23-5-4-19-8-23/h9-14,19,21-22H,2-8H2,1H3,(H,20,24). The zero-order valence-electron chi connectivity index (χ0n) is 14.8. The lowest BCUT2D eigenvalue weighted by molar-refractivity contribution is -0.148. The monoisotopic (exact) mass is 435 g/mol. The van der Waals surface area contributed by atoms with Crippen molar-refractivity contribution in [1.29, 1.82) is 0 Å². The summed E-state index contributed by atoms with van der Waals surface area (Å²) in [6, 6.07) is -0.814. The maximum atomic E-state index is 14.0. The molecule has 0 aromatic heterocycles. The number of halogens is 2. The van der Waals surface area contributed by atoms with Gasteiger partial charge in [-0.3, -0.25) is 14.5 Å². The van der Waals surface area contributed by atoms with Crippen LogP contribution in [0.25, 0.3) is 0 Å². The summed E-state index contributed by atoms with van der Waals surface area (Å²) in [7, 11) is 1.29. The molecule has 26 heavy (non-hydrogen) atoms. The summed E-state index contributed by atoms with van der Waals surface area (Å²) in [4.78, 5) is 26.5. The van der Waals surface area contributed by atoms with Crippen LogP contribution in [0.5, 0.6) is 0 Å². The van der Waals surface area contributed by atoms with Gasteiger partial charge in [-0.2, -0.15) is 0 Å². The van der Waals surface area contributed by atoms with E-state index in [0.717, 1.165) is 26.2 Å². The van der Waals surface area contributed by atoms with Crippen molar-refractivity contribution in [3.8, 4) is 0 Å². The molecule has 4 N–H and O–H groups in total. The SMILES string of the molecule is COC(=O)C1CC(F)C(Br)CC1NC(=O)C1CCC(N2CCNC2)NN1. The molecule has 2 aliphatic heterocycles. The Hall–Kier alpha value is -0.810. The average Bonchev–Trinajstić information content (AvgIpc) is 3.18. The van der Waals surface area contributed by atoms with Crippen molar-refractivity contribution in [2.45, 2.75) is 54.9 Å². The van der Waals surface area contributed by atoms with Gasteiger partial charge >= 0.3 is 5.97 Å². The van der Waals surface area contributed by atoms with Gasteiger partial charge in [-0.05, 0) is 25.7 Å². The van der Waals surface area contributed by atoms with Gasteiger partial charge in [-0.25, -0.2) is 15.2 Å². The summed E-state index contributed by atoms with van der Waals surface area (Å²) < 4.78 is 18.8. The molecule has 1 aliphatic carbocycles. The summed E-state index contributed by atoms with van der Waals surface area (Å²) in [5, 5.41) is 6.21. The number of methoxy groups -OCH3 is 1. The van der Waals surface area contributed by atoms with E-state index in [4.69, 9.17) is 4.74 Å². The molecule has 3 fully saturated rings. The highest BCUT2D eigenvalue weighted by Gasteiger charge is 2.42. The van der Waals surface area contributed by atoms with Crippen molar-refractivity contribution in [3.05, 3.63) is 0 Å². The van der Waals surface area contributed by atoms with Crippen LogP contribution < -0.4 is 21.5 Å². The summed E-state index contributed by atoms with van der Waals surface area (Å²) in [5.74, 6) is -1.31. The molecule has 2 heterocycles. The Morgan fingerprint density at radius 1 is 1.27 bits per heavy atom. The van der Waals surface area contributed by atoms with E-state index < -0.39 is 24.1 Å². The fourth-order valence-corrected chi connectivity index (χ4v) is 4.51. The molecule has 6 atom stereocenters. The number of carbonyl (C=O) groups excluding carboxylic acids is 2. The first-order chi connectivity index (χ1) is 12.5. The summed E-state index contributed by atoms with van der Waals surface area (Å²) in [5.41, 5.74) is 6.28. The summed E-state index contributed by atoms with van der Waals surface area (Å²) in [6.07, 6.45) is 1.02. The van der Waals surface area contributed by atoms with Crippen LogP contribution in [0.15, 0.2) is 0 Å². The van der Waals surface area contributed by atoms with E-state index >= 15 is 0 Å². The molecule has 0 bridgehead atoms. The number of rotatable bonds is 4. The van der Waals surface area contributed by atoms with Gasteiger partial charge in [-0.1, -0.05) is 15.9 Å². The molecule has 0 aromatic rings. The molecule has 1 amide bonds. The topological polar surface area (TPSA) is 94.7 Å². The Bertz CT molecular complexity index is 514. The molecule has 3 aliphatic rings. The van der Waals surface area contributed by atoms with Gasteiger partial charge in [0.15, 0.2) is 0 Å². The van der Waals surface area contributed by atoms with Crippen LogP contribution in [0, 0.1) is 5.92 Å². The average molecular weight is 436 g/mol. The lowest BCUT2D eigenvalue weighted by Gasteiger charge is -2.38. The van der Waals surface area contributed by atoms with Crippen molar-refractivity contribution < 1.29 is 18.7 Å². The Morgan fingerprint density at radius 2 is 2.08 bits per heavy atom. The molecular formula is C16H27BrFN5O3. The third-order valence-corrected chi connectivity index (χ3v) is 6.42. The van der Waals surface area contributed by atoms with Crippen molar-refractivity contribution in [3.63, 3.8) is 0 Å². The summed E-state index contributed by atoms with van der Waals surface area (Å²) in [6.45, 7) is 2.80. The van der Waals surface area contributed by atoms with Crippen LogP contribution in [0.3, 0.4) is 0 Å². The molecule has 8 nitrogen and oxygen atoms in total. The minimum atomic E-state index is -1.13. The van der Waals surface area contributed by atoms with E-state index in [9.17, 15) is 14.0 Å². The lowest BCUT2D eigenvalue weighted by atomic mass is 9.83. The largest absolute Gasteiger partial charge is 0.469 e. The molecule has 3 rings (SSSR count). The Balaban J connectivity index is 1.53. The molecule has 10 heteroatoms. The quantitative estimate of drug-likeness (QED) is 0.352. The molecule has 0 radical (unpaired) electrons. The van der Waals surface area contributed by atoms with E-state index in [2.05, 4.69) is 42.3 Å². The zero-order chi connectivity index (χ0) is 18.7. The maximum Gasteiger partial charge on any atom is 0.310 e. The van der Waals surface area contributed by atoms with Crippen LogP contribution in [0.2, 0.25) is 0 Å². The van der Waals surface area contributed by atoms with E-state index in [1.165, 1.54) is 7.11 Å². The molecule has 0 aromatic carbocycles. The van der Waals surface area contributed by atoms with Crippen LogP contribution in [-0.2, 0) is 14.3 Å².